The van der Waals surface area contributed by atoms with E-state index < -0.39 is 0 Å². The van der Waals surface area contributed by atoms with Gasteiger partial charge in [0.05, 0.1) is 23.2 Å². The van der Waals surface area contributed by atoms with Crippen molar-refractivity contribution in [2.24, 2.45) is 4.99 Å². The molecule has 1 aromatic heterocycles. The Balaban J connectivity index is 1.97. The van der Waals surface area contributed by atoms with Crippen molar-refractivity contribution >= 4 is 27.5 Å². The summed E-state index contributed by atoms with van der Waals surface area (Å²) >= 11 is 1.32. The molecule has 0 spiro atoms. The van der Waals surface area contributed by atoms with Crippen LogP contribution < -0.4 is 4.80 Å². The lowest BCUT2D eigenvalue weighted by atomic mass is 10.0. The summed E-state index contributed by atoms with van der Waals surface area (Å²) in [7, 11) is 0. The number of carbonyl (C=O) groups is 1. The minimum Gasteiger partial charge on any atom is -0.380 e. The van der Waals surface area contributed by atoms with Crippen LogP contribution in [0.3, 0.4) is 0 Å². The molecule has 0 aliphatic carbocycles. The molecule has 0 aliphatic heterocycles. The third-order valence-electron chi connectivity index (χ3n) is 4.38. The average molecular weight is 386 g/mol. The normalized spacial score (nSPS) is 12.1. The lowest BCUT2D eigenvalue weighted by molar-refractivity contribution is -0.117. The summed E-state index contributed by atoms with van der Waals surface area (Å²) in [4.78, 5) is 17.4. The van der Waals surface area contributed by atoms with Gasteiger partial charge in [-0.15, -0.1) is 0 Å². The Labute approximate surface area is 161 Å². The molecule has 0 unspecified atom stereocenters. The molecule has 6 heteroatoms. The molecular formula is C21H23FN2O2S. The van der Waals surface area contributed by atoms with E-state index in [9.17, 15) is 9.18 Å². The van der Waals surface area contributed by atoms with Gasteiger partial charge in [-0.3, -0.25) is 4.79 Å². The number of para-hydroxylation sites is 1. The van der Waals surface area contributed by atoms with E-state index >= 15 is 0 Å². The van der Waals surface area contributed by atoms with Crippen LogP contribution in [0.15, 0.2) is 41.4 Å². The van der Waals surface area contributed by atoms with Crippen molar-refractivity contribution in [3.05, 3.63) is 63.7 Å². The number of fused-ring (bicyclic) bond motifs is 1. The number of halogens is 1. The molecule has 1 heterocycles. The van der Waals surface area contributed by atoms with Crippen molar-refractivity contribution in [2.75, 3.05) is 13.2 Å². The van der Waals surface area contributed by atoms with Crippen molar-refractivity contribution in [2.45, 2.75) is 33.7 Å². The predicted molar refractivity (Wildman–Crippen MR) is 106 cm³/mol. The topological polar surface area (TPSA) is 43.6 Å². The second-order valence-electron chi connectivity index (χ2n) is 6.43. The molecule has 0 fully saturated rings. The van der Waals surface area contributed by atoms with Gasteiger partial charge >= 0.3 is 0 Å². The molecule has 1 amide bonds. The van der Waals surface area contributed by atoms with Crippen LogP contribution in [0.2, 0.25) is 0 Å². The minimum atomic E-state index is -0.316. The molecule has 2 aromatic carbocycles. The Kier molecular flexibility index (Phi) is 6.19. The fourth-order valence-corrected chi connectivity index (χ4v) is 4.12. The van der Waals surface area contributed by atoms with Gasteiger partial charge in [-0.05, 0) is 44.0 Å². The van der Waals surface area contributed by atoms with Crippen LogP contribution in [0.25, 0.3) is 10.2 Å². The highest BCUT2D eigenvalue weighted by Crippen LogP contribution is 2.20. The number of ether oxygens (including phenoxy) is 1. The zero-order valence-electron chi connectivity index (χ0n) is 15.8. The van der Waals surface area contributed by atoms with Gasteiger partial charge in [-0.2, -0.15) is 4.99 Å². The number of hydrogen-bond donors (Lipinski definition) is 0. The Morgan fingerprint density at radius 1 is 1.26 bits per heavy atom. The lowest BCUT2D eigenvalue weighted by Crippen LogP contribution is -2.20. The molecule has 0 bridgehead atoms. The first-order chi connectivity index (χ1) is 13.0. The van der Waals surface area contributed by atoms with Gasteiger partial charge in [0.25, 0.3) is 5.91 Å². The van der Waals surface area contributed by atoms with Crippen LogP contribution in [-0.2, 0) is 22.5 Å². The largest absolute Gasteiger partial charge is 0.380 e. The van der Waals surface area contributed by atoms with Crippen LogP contribution >= 0.6 is 11.3 Å². The lowest BCUT2D eigenvalue weighted by Gasteiger charge is -2.06. The van der Waals surface area contributed by atoms with E-state index in [0.717, 1.165) is 21.4 Å². The SMILES string of the molecule is CCOCCn1c(=NC(=O)Cc2ccc(C)cc2C)sc2cccc(F)c21. The molecule has 0 aliphatic rings. The zero-order valence-corrected chi connectivity index (χ0v) is 16.6. The van der Waals surface area contributed by atoms with Gasteiger partial charge in [0.2, 0.25) is 0 Å². The molecule has 0 N–H and O–H groups in total. The molecule has 0 radical (unpaired) electrons. The Morgan fingerprint density at radius 2 is 2.07 bits per heavy atom. The van der Waals surface area contributed by atoms with Gasteiger partial charge in [0.1, 0.15) is 5.82 Å². The maximum absolute atomic E-state index is 14.4. The number of benzene rings is 2. The molecular weight excluding hydrogens is 363 g/mol. The van der Waals surface area contributed by atoms with Crippen molar-refractivity contribution < 1.29 is 13.9 Å². The molecule has 0 saturated carbocycles. The van der Waals surface area contributed by atoms with E-state index in [1.807, 2.05) is 39.0 Å². The Morgan fingerprint density at radius 3 is 2.81 bits per heavy atom. The van der Waals surface area contributed by atoms with Crippen LogP contribution in [0, 0.1) is 19.7 Å². The maximum atomic E-state index is 14.4. The minimum absolute atomic E-state index is 0.230. The van der Waals surface area contributed by atoms with Crippen molar-refractivity contribution in [3.63, 3.8) is 0 Å². The first-order valence-corrected chi connectivity index (χ1v) is 9.80. The second kappa shape index (κ2) is 8.59. The summed E-state index contributed by atoms with van der Waals surface area (Å²) in [6.45, 7) is 7.40. The van der Waals surface area contributed by atoms with Gasteiger partial charge in [-0.25, -0.2) is 4.39 Å². The molecule has 3 rings (SSSR count). The molecule has 0 atom stereocenters. The number of thiazole rings is 1. The summed E-state index contributed by atoms with van der Waals surface area (Å²) in [6.07, 6.45) is 0.230. The Bertz CT molecular complexity index is 1040. The summed E-state index contributed by atoms with van der Waals surface area (Å²) in [5.41, 5.74) is 3.67. The summed E-state index contributed by atoms with van der Waals surface area (Å²) in [5.74, 6) is -0.553. The molecule has 27 heavy (non-hydrogen) atoms. The number of aryl methyl sites for hydroxylation is 2. The van der Waals surface area contributed by atoms with Crippen molar-refractivity contribution in [1.29, 1.82) is 0 Å². The third kappa shape index (κ3) is 4.51. The van der Waals surface area contributed by atoms with Crippen LogP contribution in [0.1, 0.15) is 23.6 Å². The fraction of sp³-hybridized carbons (Fsp3) is 0.333. The molecule has 142 valence electrons. The van der Waals surface area contributed by atoms with Crippen LogP contribution in [-0.4, -0.2) is 23.7 Å². The molecule has 4 nitrogen and oxygen atoms in total. The zero-order chi connectivity index (χ0) is 19.4. The highest BCUT2D eigenvalue weighted by atomic mass is 32.1. The van der Waals surface area contributed by atoms with Gasteiger partial charge in [0, 0.05) is 13.2 Å². The number of nitrogens with zero attached hydrogens (tertiary/aromatic N) is 2. The van der Waals surface area contributed by atoms with E-state index in [4.69, 9.17) is 4.74 Å². The fourth-order valence-electron chi connectivity index (χ4n) is 3.03. The summed E-state index contributed by atoms with van der Waals surface area (Å²) in [6, 6.07) is 10.9. The van der Waals surface area contributed by atoms with E-state index in [-0.39, 0.29) is 18.1 Å². The predicted octanol–water partition coefficient (Wildman–Crippen LogP) is 4.17. The molecule has 3 aromatic rings. The van der Waals surface area contributed by atoms with Gasteiger partial charge in [0.15, 0.2) is 4.80 Å². The number of aromatic nitrogens is 1. The van der Waals surface area contributed by atoms with Crippen molar-refractivity contribution in [1.82, 2.24) is 4.57 Å². The highest BCUT2D eigenvalue weighted by molar-refractivity contribution is 7.16. The standard InChI is InChI=1S/C21H23FN2O2S/c1-4-26-11-10-24-20-17(22)6-5-7-18(20)27-21(24)23-19(25)13-16-9-8-14(2)12-15(16)3/h5-9,12H,4,10-11,13H2,1-3H3. The highest BCUT2D eigenvalue weighted by Gasteiger charge is 2.12. The quantitative estimate of drug-likeness (QED) is 0.597. The van der Waals surface area contributed by atoms with Gasteiger partial charge < -0.3 is 9.30 Å². The van der Waals surface area contributed by atoms with E-state index in [0.29, 0.717) is 30.1 Å². The van der Waals surface area contributed by atoms with E-state index in [1.165, 1.54) is 17.4 Å². The van der Waals surface area contributed by atoms with E-state index in [2.05, 4.69) is 11.1 Å². The Hall–Kier alpha value is -2.31. The van der Waals surface area contributed by atoms with Crippen molar-refractivity contribution in [3.8, 4) is 0 Å². The first kappa shape index (κ1) is 19.5. The number of amides is 1. The number of carbonyl (C=O) groups excluding carboxylic acids is 1. The third-order valence-corrected chi connectivity index (χ3v) is 5.42. The average Bonchev–Trinajstić information content (AvgIpc) is 2.96. The van der Waals surface area contributed by atoms with Crippen LogP contribution in [0.5, 0.6) is 0 Å². The smallest absolute Gasteiger partial charge is 0.252 e. The summed E-state index contributed by atoms with van der Waals surface area (Å²) < 4.78 is 22.3. The number of rotatable bonds is 6. The monoisotopic (exact) mass is 386 g/mol. The maximum Gasteiger partial charge on any atom is 0.252 e. The van der Waals surface area contributed by atoms with Gasteiger partial charge in [-0.1, -0.05) is 41.2 Å². The number of hydrogen-bond acceptors (Lipinski definition) is 3. The second-order valence-corrected chi connectivity index (χ2v) is 7.44. The molecule has 0 saturated heterocycles. The van der Waals surface area contributed by atoms with Crippen LogP contribution in [0.4, 0.5) is 4.39 Å². The summed E-state index contributed by atoms with van der Waals surface area (Å²) in [5, 5.41) is 0. The first-order valence-electron chi connectivity index (χ1n) is 8.99. The van der Waals surface area contributed by atoms with E-state index in [1.54, 1.807) is 10.6 Å².